The zero-order chi connectivity index (χ0) is 14.5. The van der Waals surface area contributed by atoms with Crippen LogP contribution in [0, 0.1) is 5.92 Å². The fourth-order valence-electron chi connectivity index (χ4n) is 2.83. The zero-order valence-corrected chi connectivity index (χ0v) is 13.2. The summed E-state index contributed by atoms with van der Waals surface area (Å²) in [6, 6.07) is 4.01. The quantitative estimate of drug-likeness (QED) is 0.833. The van der Waals surface area contributed by atoms with Crippen LogP contribution in [0.1, 0.15) is 24.1 Å². The Morgan fingerprint density at radius 1 is 1.50 bits per heavy atom. The summed E-state index contributed by atoms with van der Waals surface area (Å²) in [5.74, 6) is 0.793. The Balaban J connectivity index is 1.91. The first-order valence-corrected chi connectivity index (χ1v) is 7.58. The number of pyridine rings is 1. The second kappa shape index (κ2) is 7.11. The molecule has 0 saturated carbocycles. The molecule has 2 rings (SSSR count). The van der Waals surface area contributed by atoms with Gasteiger partial charge in [0, 0.05) is 19.3 Å². The molecule has 1 aliphatic rings. The first-order chi connectivity index (χ1) is 9.56. The van der Waals surface area contributed by atoms with Gasteiger partial charge in [-0.1, -0.05) is 18.3 Å². The molecule has 0 spiro atoms. The standard InChI is InChI=1S/C15H24N4S/c1-18-8-5-12(6-9-18)10-19(2)11-13-4-3-7-17-14(13)15(16)20/h3-4,7,12H,5-6,8-11H2,1-2H3,(H2,16,20). The molecular weight excluding hydrogens is 268 g/mol. The lowest BCUT2D eigenvalue weighted by atomic mass is 9.96. The average Bonchev–Trinajstić information content (AvgIpc) is 2.41. The van der Waals surface area contributed by atoms with Gasteiger partial charge in [-0.25, -0.2) is 0 Å². The molecule has 0 bridgehead atoms. The van der Waals surface area contributed by atoms with Crippen molar-refractivity contribution in [1.29, 1.82) is 0 Å². The lowest BCUT2D eigenvalue weighted by Crippen LogP contribution is -2.35. The van der Waals surface area contributed by atoms with Crippen LogP contribution < -0.4 is 5.73 Å². The Hall–Kier alpha value is -1.04. The molecule has 0 aliphatic carbocycles. The topological polar surface area (TPSA) is 45.4 Å². The monoisotopic (exact) mass is 292 g/mol. The molecule has 1 aromatic rings. The maximum atomic E-state index is 5.73. The van der Waals surface area contributed by atoms with Crippen molar-refractivity contribution in [1.82, 2.24) is 14.8 Å². The average molecular weight is 292 g/mol. The highest BCUT2D eigenvalue weighted by Gasteiger charge is 2.18. The second-order valence-corrected chi connectivity index (χ2v) is 6.26. The molecule has 0 atom stereocenters. The molecule has 0 radical (unpaired) electrons. The largest absolute Gasteiger partial charge is 0.388 e. The summed E-state index contributed by atoms with van der Waals surface area (Å²) < 4.78 is 0. The van der Waals surface area contributed by atoms with Gasteiger partial charge in [0.05, 0.1) is 0 Å². The molecule has 1 saturated heterocycles. The minimum absolute atomic E-state index is 0.383. The number of aromatic nitrogens is 1. The van der Waals surface area contributed by atoms with Crippen LogP contribution in [-0.4, -0.2) is 53.5 Å². The first kappa shape index (κ1) is 15.4. The number of nitrogens with two attached hydrogens (primary N) is 1. The van der Waals surface area contributed by atoms with Gasteiger partial charge in [-0.15, -0.1) is 0 Å². The van der Waals surface area contributed by atoms with E-state index in [0.717, 1.165) is 30.3 Å². The number of rotatable bonds is 5. The summed E-state index contributed by atoms with van der Waals surface area (Å²) in [6.45, 7) is 4.40. The van der Waals surface area contributed by atoms with Gasteiger partial charge in [0.15, 0.2) is 0 Å². The summed E-state index contributed by atoms with van der Waals surface area (Å²) in [4.78, 5) is 9.43. The summed E-state index contributed by atoms with van der Waals surface area (Å²) in [6.07, 6.45) is 4.32. The lowest BCUT2D eigenvalue weighted by Gasteiger charge is -2.31. The van der Waals surface area contributed by atoms with Crippen molar-refractivity contribution >= 4 is 17.2 Å². The van der Waals surface area contributed by atoms with E-state index < -0.39 is 0 Å². The van der Waals surface area contributed by atoms with Crippen LogP contribution in [-0.2, 0) is 6.54 Å². The summed E-state index contributed by atoms with van der Waals surface area (Å²) in [5, 5.41) is 0. The smallest absolute Gasteiger partial charge is 0.123 e. The van der Waals surface area contributed by atoms with E-state index in [4.69, 9.17) is 18.0 Å². The number of piperidine rings is 1. The van der Waals surface area contributed by atoms with Crippen molar-refractivity contribution in [3.05, 3.63) is 29.6 Å². The van der Waals surface area contributed by atoms with Crippen molar-refractivity contribution < 1.29 is 0 Å². The molecule has 1 aromatic heterocycles. The molecule has 110 valence electrons. The van der Waals surface area contributed by atoms with Gasteiger partial charge >= 0.3 is 0 Å². The van der Waals surface area contributed by atoms with E-state index in [2.05, 4.69) is 34.9 Å². The van der Waals surface area contributed by atoms with E-state index in [1.165, 1.54) is 25.9 Å². The third-order valence-corrected chi connectivity index (χ3v) is 4.17. The van der Waals surface area contributed by atoms with Crippen molar-refractivity contribution in [3.63, 3.8) is 0 Å². The van der Waals surface area contributed by atoms with Gasteiger partial charge < -0.3 is 15.5 Å². The number of likely N-dealkylation sites (tertiary alicyclic amines) is 1. The molecule has 4 nitrogen and oxygen atoms in total. The molecular formula is C15H24N4S. The molecule has 2 N–H and O–H groups in total. The third-order valence-electron chi connectivity index (χ3n) is 3.97. The van der Waals surface area contributed by atoms with E-state index in [1.54, 1.807) is 6.20 Å². The van der Waals surface area contributed by atoms with Crippen LogP contribution in [0.3, 0.4) is 0 Å². The van der Waals surface area contributed by atoms with E-state index >= 15 is 0 Å². The molecule has 20 heavy (non-hydrogen) atoms. The van der Waals surface area contributed by atoms with E-state index in [-0.39, 0.29) is 0 Å². The second-order valence-electron chi connectivity index (χ2n) is 5.82. The first-order valence-electron chi connectivity index (χ1n) is 7.17. The number of nitrogens with zero attached hydrogens (tertiary/aromatic N) is 3. The van der Waals surface area contributed by atoms with Crippen LogP contribution in [0.4, 0.5) is 0 Å². The SMILES string of the molecule is CN1CCC(CN(C)Cc2cccnc2C(N)=S)CC1. The van der Waals surface area contributed by atoms with Crippen LogP contribution in [0.5, 0.6) is 0 Å². The van der Waals surface area contributed by atoms with Crippen LogP contribution in [0.25, 0.3) is 0 Å². The molecule has 1 aliphatic heterocycles. The summed E-state index contributed by atoms with van der Waals surface area (Å²) >= 11 is 5.07. The number of hydrogen-bond acceptors (Lipinski definition) is 4. The van der Waals surface area contributed by atoms with Gasteiger partial charge in [0.2, 0.25) is 0 Å². The predicted molar refractivity (Wildman–Crippen MR) is 86.7 cm³/mol. The molecule has 2 heterocycles. The van der Waals surface area contributed by atoms with E-state index in [1.807, 2.05) is 6.07 Å². The van der Waals surface area contributed by atoms with Crippen LogP contribution >= 0.6 is 12.2 Å². The lowest BCUT2D eigenvalue weighted by molar-refractivity contribution is 0.173. The number of hydrogen-bond donors (Lipinski definition) is 1. The fourth-order valence-corrected chi connectivity index (χ4v) is 3.01. The Labute approximate surface area is 127 Å². The maximum Gasteiger partial charge on any atom is 0.123 e. The molecule has 1 fully saturated rings. The van der Waals surface area contributed by atoms with Gasteiger partial charge in [0.1, 0.15) is 10.7 Å². The highest BCUT2D eigenvalue weighted by atomic mass is 32.1. The Kier molecular flexibility index (Phi) is 5.46. The number of thiocarbonyl (C=S) groups is 1. The van der Waals surface area contributed by atoms with Gasteiger partial charge in [-0.2, -0.15) is 0 Å². The highest BCUT2D eigenvalue weighted by Crippen LogP contribution is 2.18. The van der Waals surface area contributed by atoms with E-state index in [9.17, 15) is 0 Å². The predicted octanol–water partition coefficient (Wildman–Crippen LogP) is 1.49. The molecule has 0 aromatic carbocycles. The molecule has 0 unspecified atom stereocenters. The van der Waals surface area contributed by atoms with Crippen molar-refractivity contribution in [2.45, 2.75) is 19.4 Å². The normalized spacial score (nSPS) is 17.6. The van der Waals surface area contributed by atoms with Crippen LogP contribution in [0.15, 0.2) is 18.3 Å². The molecule has 0 amide bonds. The summed E-state index contributed by atoms with van der Waals surface area (Å²) in [7, 11) is 4.36. The van der Waals surface area contributed by atoms with Crippen molar-refractivity contribution in [3.8, 4) is 0 Å². The van der Waals surface area contributed by atoms with Crippen molar-refractivity contribution in [2.24, 2.45) is 11.7 Å². The van der Waals surface area contributed by atoms with Crippen LogP contribution in [0.2, 0.25) is 0 Å². The third kappa shape index (κ3) is 4.23. The highest BCUT2D eigenvalue weighted by molar-refractivity contribution is 7.80. The zero-order valence-electron chi connectivity index (χ0n) is 12.4. The Bertz CT molecular complexity index is 455. The molecule has 5 heteroatoms. The summed E-state index contributed by atoms with van der Waals surface area (Å²) in [5.41, 5.74) is 7.62. The minimum Gasteiger partial charge on any atom is -0.388 e. The van der Waals surface area contributed by atoms with Crippen molar-refractivity contribution in [2.75, 3.05) is 33.7 Å². The van der Waals surface area contributed by atoms with Gasteiger partial charge in [-0.05, 0) is 57.6 Å². The van der Waals surface area contributed by atoms with E-state index in [0.29, 0.717) is 4.99 Å². The minimum atomic E-state index is 0.383. The Morgan fingerprint density at radius 3 is 2.85 bits per heavy atom. The maximum absolute atomic E-state index is 5.73. The fraction of sp³-hybridized carbons (Fsp3) is 0.600. The Morgan fingerprint density at radius 2 is 2.20 bits per heavy atom. The van der Waals surface area contributed by atoms with Gasteiger partial charge in [-0.3, -0.25) is 4.98 Å². The van der Waals surface area contributed by atoms with Gasteiger partial charge in [0.25, 0.3) is 0 Å².